The molecule has 0 radical (unpaired) electrons. The van der Waals surface area contributed by atoms with Crippen LogP contribution in [0, 0.1) is 0 Å². The second-order valence-corrected chi connectivity index (χ2v) is 4.69. The van der Waals surface area contributed by atoms with Crippen LogP contribution in [0.4, 0.5) is 0 Å². The van der Waals surface area contributed by atoms with Crippen molar-refractivity contribution in [1.82, 2.24) is 9.55 Å². The second-order valence-electron chi connectivity index (χ2n) is 4.69. The Morgan fingerprint density at radius 3 is 3.06 bits per heavy atom. The number of hydrogen-bond acceptors (Lipinski definition) is 3. The minimum absolute atomic E-state index is 0.165. The zero-order valence-electron chi connectivity index (χ0n) is 10.6. The lowest BCUT2D eigenvalue weighted by Gasteiger charge is -2.10. The van der Waals surface area contributed by atoms with Crippen LogP contribution in [0.15, 0.2) is 12.4 Å². The number of aromatic nitrogens is 2. The summed E-state index contributed by atoms with van der Waals surface area (Å²) in [5, 5.41) is 0. The minimum atomic E-state index is -0.211. The summed E-state index contributed by atoms with van der Waals surface area (Å²) in [7, 11) is 0. The van der Waals surface area contributed by atoms with Gasteiger partial charge in [-0.25, -0.2) is 4.98 Å². The van der Waals surface area contributed by atoms with Gasteiger partial charge in [0, 0.05) is 18.9 Å². The Kier molecular flexibility index (Phi) is 3.94. The monoisotopic (exact) mass is 236 g/mol. The smallest absolute Gasteiger partial charge is 0.169 e. The SMILES string of the molecule is CCCn1ccnc1CC(=O)C1CCC(C)O1. The highest BCUT2D eigenvalue weighted by Gasteiger charge is 2.28. The number of nitrogens with zero attached hydrogens (tertiary/aromatic N) is 2. The maximum absolute atomic E-state index is 12.0. The highest BCUT2D eigenvalue weighted by Crippen LogP contribution is 2.20. The Bertz CT molecular complexity index is 387. The van der Waals surface area contributed by atoms with Crippen LogP contribution in [0.2, 0.25) is 0 Å². The lowest BCUT2D eigenvalue weighted by Crippen LogP contribution is -2.24. The van der Waals surface area contributed by atoms with Gasteiger partial charge in [-0.2, -0.15) is 0 Å². The van der Waals surface area contributed by atoms with E-state index >= 15 is 0 Å². The number of ketones is 1. The Labute approximate surface area is 102 Å². The summed E-state index contributed by atoms with van der Waals surface area (Å²) in [6.07, 6.45) is 6.99. The number of Topliss-reactive ketones (excluding diaryl/α,β-unsaturated/α-hetero) is 1. The van der Waals surface area contributed by atoms with Gasteiger partial charge in [0.05, 0.1) is 12.5 Å². The molecule has 0 spiro atoms. The number of aryl methyl sites for hydroxylation is 1. The highest BCUT2D eigenvalue weighted by atomic mass is 16.5. The summed E-state index contributed by atoms with van der Waals surface area (Å²) in [5.74, 6) is 1.03. The molecule has 1 aromatic rings. The molecule has 0 N–H and O–H groups in total. The molecule has 17 heavy (non-hydrogen) atoms. The largest absolute Gasteiger partial charge is 0.367 e. The summed E-state index contributed by atoms with van der Waals surface area (Å²) in [6, 6.07) is 0. The van der Waals surface area contributed by atoms with E-state index in [0.717, 1.165) is 31.6 Å². The van der Waals surface area contributed by atoms with E-state index in [2.05, 4.69) is 16.5 Å². The minimum Gasteiger partial charge on any atom is -0.367 e. The van der Waals surface area contributed by atoms with E-state index in [1.165, 1.54) is 0 Å². The molecule has 0 aromatic carbocycles. The van der Waals surface area contributed by atoms with Crippen molar-refractivity contribution >= 4 is 5.78 Å². The number of ether oxygens (including phenoxy) is 1. The van der Waals surface area contributed by atoms with E-state index in [-0.39, 0.29) is 18.0 Å². The molecule has 2 atom stereocenters. The van der Waals surface area contributed by atoms with Crippen LogP contribution in [0.5, 0.6) is 0 Å². The Morgan fingerprint density at radius 2 is 2.41 bits per heavy atom. The summed E-state index contributed by atoms with van der Waals surface area (Å²) in [4.78, 5) is 16.3. The molecule has 1 aliphatic heterocycles. The van der Waals surface area contributed by atoms with Gasteiger partial charge in [-0.3, -0.25) is 4.79 Å². The normalized spacial score (nSPS) is 24.1. The van der Waals surface area contributed by atoms with Gasteiger partial charge in [-0.15, -0.1) is 0 Å². The maximum Gasteiger partial charge on any atom is 0.169 e. The number of carbonyl (C=O) groups excluding carboxylic acids is 1. The van der Waals surface area contributed by atoms with E-state index in [9.17, 15) is 4.79 Å². The zero-order chi connectivity index (χ0) is 12.3. The molecule has 2 rings (SSSR count). The van der Waals surface area contributed by atoms with Crippen molar-refractivity contribution in [2.75, 3.05) is 0 Å². The second kappa shape index (κ2) is 5.45. The molecule has 4 heteroatoms. The first kappa shape index (κ1) is 12.3. The molecule has 0 bridgehead atoms. The number of hydrogen-bond donors (Lipinski definition) is 0. The van der Waals surface area contributed by atoms with Crippen LogP contribution in [0.3, 0.4) is 0 Å². The fourth-order valence-electron chi connectivity index (χ4n) is 2.26. The lowest BCUT2D eigenvalue weighted by molar-refractivity contribution is -0.128. The molecule has 4 nitrogen and oxygen atoms in total. The van der Waals surface area contributed by atoms with E-state index in [0.29, 0.717) is 6.42 Å². The Balaban J connectivity index is 1.95. The van der Waals surface area contributed by atoms with Crippen LogP contribution < -0.4 is 0 Å². The molecule has 0 amide bonds. The molecule has 1 aliphatic rings. The fourth-order valence-corrected chi connectivity index (χ4v) is 2.26. The van der Waals surface area contributed by atoms with Gasteiger partial charge in [0.15, 0.2) is 5.78 Å². The van der Waals surface area contributed by atoms with E-state index in [1.807, 2.05) is 13.1 Å². The predicted octanol–water partition coefficient (Wildman–Crippen LogP) is 1.97. The van der Waals surface area contributed by atoms with Crippen LogP contribution in [-0.2, 0) is 22.5 Å². The quantitative estimate of drug-likeness (QED) is 0.785. The third-order valence-corrected chi connectivity index (χ3v) is 3.19. The van der Waals surface area contributed by atoms with Crippen molar-refractivity contribution < 1.29 is 9.53 Å². The van der Waals surface area contributed by atoms with Crippen LogP contribution in [0.1, 0.15) is 38.9 Å². The predicted molar refractivity (Wildman–Crippen MR) is 64.8 cm³/mol. The van der Waals surface area contributed by atoms with Gasteiger partial charge in [0.25, 0.3) is 0 Å². The maximum atomic E-state index is 12.0. The number of carbonyl (C=O) groups is 1. The standard InChI is InChI=1S/C13H20N2O2/c1-3-7-15-8-6-14-13(15)9-11(16)12-5-4-10(2)17-12/h6,8,10,12H,3-5,7,9H2,1-2H3. The number of rotatable bonds is 5. The zero-order valence-corrected chi connectivity index (χ0v) is 10.6. The first-order chi connectivity index (χ1) is 8.20. The topological polar surface area (TPSA) is 44.1 Å². The summed E-state index contributed by atoms with van der Waals surface area (Å²) < 4.78 is 7.64. The highest BCUT2D eigenvalue weighted by molar-refractivity contribution is 5.84. The van der Waals surface area contributed by atoms with Crippen molar-refractivity contribution in [2.45, 2.75) is 58.3 Å². The third-order valence-electron chi connectivity index (χ3n) is 3.19. The third kappa shape index (κ3) is 2.94. The Hall–Kier alpha value is -1.16. The van der Waals surface area contributed by atoms with E-state index < -0.39 is 0 Å². The van der Waals surface area contributed by atoms with Crippen LogP contribution >= 0.6 is 0 Å². The van der Waals surface area contributed by atoms with Gasteiger partial charge in [0.1, 0.15) is 11.9 Å². The van der Waals surface area contributed by atoms with Gasteiger partial charge in [0.2, 0.25) is 0 Å². The lowest BCUT2D eigenvalue weighted by atomic mass is 10.1. The average Bonchev–Trinajstić information content (AvgIpc) is 2.89. The van der Waals surface area contributed by atoms with Crippen molar-refractivity contribution in [3.05, 3.63) is 18.2 Å². The molecule has 2 heterocycles. The molecule has 0 aliphatic carbocycles. The van der Waals surface area contributed by atoms with Crippen molar-refractivity contribution in [3.8, 4) is 0 Å². The molecular formula is C13H20N2O2. The first-order valence-corrected chi connectivity index (χ1v) is 6.39. The summed E-state index contributed by atoms with van der Waals surface area (Å²) >= 11 is 0. The summed E-state index contributed by atoms with van der Waals surface area (Å²) in [5.41, 5.74) is 0. The molecule has 1 saturated heterocycles. The van der Waals surface area contributed by atoms with Crippen molar-refractivity contribution in [3.63, 3.8) is 0 Å². The Morgan fingerprint density at radius 1 is 1.59 bits per heavy atom. The molecule has 1 fully saturated rings. The van der Waals surface area contributed by atoms with Gasteiger partial charge >= 0.3 is 0 Å². The van der Waals surface area contributed by atoms with Crippen LogP contribution in [0.25, 0.3) is 0 Å². The van der Waals surface area contributed by atoms with Crippen molar-refractivity contribution in [1.29, 1.82) is 0 Å². The summed E-state index contributed by atoms with van der Waals surface area (Å²) in [6.45, 7) is 5.06. The molecule has 94 valence electrons. The van der Waals surface area contributed by atoms with E-state index in [1.54, 1.807) is 6.20 Å². The van der Waals surface area contributed by atoms with Crippen LogP contribution in [-0.4, -0.2) is 27.5 Å². The van der Waals surface area contributed by atoms with Gasteiger partial charge < -0.3 is 9.30 Å². The molecule has 1 aromatic heterocycles. The average molecular weight is 236 g/mol. The fraction of sp³-hybridized carbons (Fsp3) is 0.692. The molecule has 2 unspecified atom stereocenters. The van der Waals surface area contributed by atoms with Crippen molar-refractivity contribution in [2.24, 2.45) is 0 Å². The first-order valence-electron chi connectivity index (χ1n) is 6.39. The number of imidazole rings is 1. The van der Waals surface area contributed by atoms with Gasteiger partial charge in [-0.1, -0.05) is 6.92 Å². The molecule has 0 saturated carbocycles. The van der Waals surface area contributed by atoms with E-state index in [4.69, 9.17) is 4.74 Å². The molecular weight excluding hydrogens is 216 g/mol. The van der Waals surface area contributed by atoms with Gasteiger partial charge in [-0.05, 0) is 26.2 Å².